The third-order valence-corrected chi connectivity index (χ3v) is 2.61. The van der Waals surface area contributed by atoms with E-state index in [1.807, 2.05) is 22.4 Å². The van der Waals surface area contributed by atoms with Gasteiger partial charge in [0.2, 0.25) is 5.28 Å². The van der Waals surface area contributed by atoms with E-state index in [0.29, 0.717) is 5.28 Å². The van der Waals surface area contributed by atoms with Crippen LogP contribution in [0.3, 0.4) is 0 Å². The van der Waals surface area contributed by atoms with Gasteiger partial charge in [-0.05, 0) is 24.9 Å². The fourth-order valence-electron chi connectivity index (χ4n) is 1.58. The molecule has 0 radical (unpaired) electrons. The third-order valence-electron chi connectivity index (χ3n) is 2.37. The van der Waals surface area contributed by atoms with Gasteiger partial charge in [0, 0.05) is 19.2 Å². The lowest BCUT2D eigenvalue weighted by molar-refractivity contribution is 0.659. The molecule has 0 bridgehead atoms. The Bertz CT molecular complexity index is 473. The largest absolute Gasteiger partial charge is 0.271 e. The summed E-state index contributed by atoms with van der Waals surface area (Å²) in [5.74, 6) is 0.878. The molecule has 16 heavy (non-hydrogen) atoms. The molecule has 0 fully saturated rings. The predicted molar refractivity (Wildman–Crippen MR) is 61.8 cm³/mol. The Balaban J connectivity index is 2.41. The second-order valence-corrected chi connectivity index (χ2v) is 3.86. The van der Waals surface area contributed by atoms with Crippen LogP contribution in [-0.2, 0) is 13.0 Å². The van der Waals surface area contributed by atoms with Crippen LogP contribution < -0.4 is 0 Å². The minimum Gasteiger partial charge on any atom is -0.271 e. The Morgan fingerprint density at radius 1 is 1.31 bits per heavy atom. The fraction of sp³-hybridized carbons (Fsp3) is 0.500. The normalized spacial score (nSPS) is 10.9. The van der Waals surface area contributed by atoms with E-state index in [2.05, 4.69) is 22.2 Å². The van der Waals surface area contributed by atoms with Gasteiger partial charge in [-0.2, -0.15) is 5.10 Å². The van der Waals surface area contributed by atoms with Crippen molar-refractivity contribution in [2.45, 2.75) is 33.2 Å². The molecule has 0 aliphatic rings. The molecule has 2 aromatic rings. The number of hydrogen-bond acceptors (Lipinski definition) is 3. The van der Waals surface area contributed by atoms with E-state index < -0.39 is 0 Å². The maximum absolute atomic E-state index is 6.02. The lowest BCUT2D eigenvalue weighted by atomic mass is 10.3. The van der Waals surface area contributed by atoms with Crippen molar-refractivity contribution in [2.24, 2.45) is 0 Å². The van der Waals surface area contributed by atoms with Crippen LogP contribution in [0, 0.1) is 0 Å². The topological polar surface area (TPSA) is 48.5 Å². The first kappa shape index (κ1) is 11.1. The minimum atomic E-state index is 0.388. The molecule has 0 atom stereocenters. The van der Waals surface area contributed by atoms with Crippen LogP contribution in [-0.4, -0.2) is 24.5 Å². The molecule has 0 saturated heterocycles. The Kier molecular flexibility index (Phi) is 3.24. The van der Waals surface area contributed by atoms with Crippen LogP contribution in [0.5, 0.6) is 0 Å². The lowest BCUT2D eigenvalue weighted by Crippen LogP contribution is -2.00. The molecule has 2 aromatic heterocycles. The molecule has 0 saturated carbocycles. The third kappa shape index (κ3) is 1.95. The Labute approximate surface area is 99.1 Å². The standard InChI is InChI=1S/C10H14ClN5/c1-3-5-9-13-14-10(11)16(9)8-6-12-15(4-2)7-8/h6-7H,3-5H2,1-2H3. The first-order valence-corrected chi connectivity index (χ1v) is 5.76. The van der Waals surface area contributed by atoms with Crippen molar-refractivity contribution in [3.63, 3.8) is 0 Å². The zero-order valence-corrected chi connectivity index (χ0v) is 10.1. The Hall–Kier alpha value is -1.36. The second-order valence-electron chi connectivity index (χ2n) is 3.52. The van der Waals surface area contributed by atoms with Crippen molar-refractivity contribution >= 4 is 11.6 Å². The van der Waals surface area contributed by atoms with Crippen LogP contribution in [0.25, 0.3) is 5.69 Å². The first-order chi connectivity index (χ1) is 7.76. The predicted octanol–water partition coefficient (Wildman–Crippen LogP) is 2.09. The molecule has 6 heteroatoms. The highest BCUT2D eigenvalue weighted by Gasteiger charge is 2.12. The molecular formula is C10H14ClN5. The fourth-order valence-corrected chi connectivity index (χ4v) is 1.81. The van der Waals surface area contributed by atoms with Crippen LogP contribution >= 0.6 is 11.6 Å². The molecule has 86 valence electrons. The average Bonchev–Trinajstić information content (AvgIpc) is 2.86. The van der Waals surface area contributed by atoms with Crippen molar-refractivity contribution < 1.29 is 0 Å². The van der Waals surface area contributed by atoms with Gasteiger partial charge >= 0.3 is 0 Å². The SMILES string of the molecule is CCCc1nnc(Cl)n1-c1cnn(CC)c1. The first-order valence-electron chi connectivity index (χ1n) is 5.38. The monoisotopic (exact) mass is 239 g/mol. The van der Waals surface area contributed by atoms with E-state index >= 15 is 0 Å². The van der Waals surface area contributed by atoms with Crippen LogP contribution in [0.1, 0.15) is 26.1 Å². The zero-order valence-electron chi connectivity index (χ0n) is 9.39. The maximum Gasteiger partial charge on any atom is 0.229 e. The van der Waals surface area contributed by atoms with Crippen molar-refractivity contribution in [2.75, 3.05) is 0 Å². The quantitative estimate of drug-likeness (QED) is 0.821. The lowest BCUT2D eigenvalue weighted by Gasteiger charge is -2.02. The molecule has 2 heterocycles. The molecule has 2 rings (SSSR count). The number of aryl methyl sites for hydroxylation is 2. The summed E-state index contributed by atoms with van der Waals surface area (Å²) in [4.78, 5) is 0. The number of rotatable bonds is 4. The number of halogens is 1. The molecule has 0 aliphatic heterocycles. The van der Waals surface area contributed by atoms with E-state index in [-0.39, 0.29) is 0 Å². The molecule has 0 spiro atoms. The van der Waals surface area contributed by atoms with Gasteiger partial charge in [-0.3, -0.25) is 9.25 Å². The average molecular weight is 240 g/mol. The Morgan fingerprint density at radius 3 is 2.75 bits per heavy atom. The van der Waals surface area contributed by atoms with Gasteiger partial charge in [-0.1, -0.05) is 6.92 Å². The smallest absolute Gasteiger partial charge is 0.229 e. The highest BCUT2D eigenvalue weighted by Crippen LogP contribution is 2.17. The second kappa shape index (κ2) is 4.65. The van der Waals surface area contributed by atoms with Crippen molar-refractivity contribution in [3.05, 3.63) is 23.5 Å². The summed E-state index contributed by atoms with van der Waals surface area (Å²) in [5.41, 5.74) is 0.917. The summed E-state index contributed by atoms with van der Waals surface area (Å²) < 4.78 is 3.69. The number of aromatic nitrogens is 5. The van der Waals surface area contributed by atoms with E-state index in [1.54, 1.807) is 6.20 Å². The van der Waals surface area contributed by atoms with Crippen LogP contribution in [0.4, 0.5) is 0 Å². The highest BCUT2D eigenvalue weighted by molar-refractivity contribution is 6.28. The van der Waals surface area contributed by atoms with E-state index in [9.17, 15) is 0 Å². The molecular weight excluding hydrogens is 226 g/mol. The summed E-state index contributed by atoms with van der Waals surface area (Å²) in [6, 6.07) is 0. The van der Waals surface area contributed by atoms with E-state index in [1.165, 1.54) is 0 Å². The summed E-state index contributed by atoms with van der Waals surface area (Å²) >= 11 is 6.02. The zero-order chi connectivity index (χ0) is 11.5. The Morgan fingerprint density at radius 2 is 2.12 bits per heavy atom. The summed E-state index contributed by atoms with van der Waals surface area (Å²) in [6.45, 7) is 4.97. The van der Waals surface area contributed by atoms with Gasteiger partial charge < -0.3 is 0 Å². The maximum atomic E-state index is 6.02. The highest BCUT2D eigenvalue weighted by atomic mass is 35.5. The van der Waals surface area contributed by atoms with Crippen molar-refractivity contribution in [3.8, 4) is 5.69 Å². The van der Waals surface area contributed by atoms with Crippen LogP contribution in [0.2, 0.25) is 5.28 Å². The van der Waals surface area contributed by atoms with Gasteiger partial charge in [-0.25, -0.2) is 0 Å². The molecule has 0 amide bonds. The molecule has 0 aliphatic carbocycles. The van der Waals surface area contributed by atoms with Crippen LogP contribution in [0.15, 0.2) is 12.4 Å². The summed E-state index contributed by atoms with van der Waals surface area (Å²) in [5, 5.41) is 12.6. The number of nitrogens with zero attached hydrogens (tertiary/aromatic N) is 5. The van der Waals surface area contributed by atoms with E-state index in [0.717, 1.165) is 30.9 Å². The number of hydrogen-bond donors (Lipinski definition) is 0. The van der Waals surface area contributed by atoms with Crippen molar-refractivity contribution in [1.29, 1.82) is 0 Å². The summed E-state index contributed by atoms with van der Waals surface area (Å²) in [6.07, 6.45) is 5.58. The van der Waals surface area contributed by atoms with E-state index in [4.69, 9.17) is 11.6 Å². The molecule has 5 nitrogen and oxygen atoms in total. The molecule has 0 unspecified atom stereocenters. The van der Waals surface area contributed by atoms with Gasteiger partial charge in [0.25, 0.3) is 0 Å². The van der Waals surface area contributed by atoms with Gasteiger partial charge in [0.05, 0.1) is 11.9 Å². The summed E-state index contributed by atoms with van der Waals surface area (Å²) in [7, 11) is 0. The molecule has 0 aromatic carbocycles. The van der Waals surface area contributed by atoms with Gasteiger partial charge in [0.1, 0.15) is 5.82 Å². The molecule has 0 N–H and O–H groups in total. The van der Waals surface area contributed by atoms with Gasteiger partial charge in [0.15, 0.2) is 0 Å². The van der Waals surface area contributed by atoms with Crippen molar-refractivity contribution in [1.82, 2.24) is 24.5 Å². The van der Waals surface area contributed by atoms with Gasteiger partial charge in [-0.15, -0.1) is 10.2 Å². The minimum absolute atomic E-state index is 0.388.